The summed E-state index contributed by atoms with van der Waals surface area (Å²) in [4.78, 5) is 14.5. The second kappa shape index (κ2) is 7.84. The number of rotatable bonds is 8. The van der Waals surface area contributed by atoms with Crippen LogP contribution in [0, 0.1) is 0 Å². The van der Waals surface area contributed by atoms with Crippen LogP contribution in [0.25, 0.3) is 0 Å². The first-order chi connectivity index (χ1) is 9.43. The summed E-state index contributed by atoms with van der Waals surface area (Å²) in [6.45, 7) is 12.8. The number of nitrogens with zero attached hydrogens (tertiary/aromatic N) is 4. The molecule has 114 valence electrons. The summed E-state index contributed by atoms with van der Waals surface area (Å²) in [5.74, 6) is 0.615. The largest absolute Gasteiger partial charge is 0.464 e. The van der Waals surface area contributed by atoms with E-state index < -0.39 is 0 Å². The highest BCUT2D eigenvalue weighted by molar-refractivity contribution is 5.32. The number of nitrogens with one attached hydrogen (secondary N) is 1. The number of anilines is 2. The first-order valence-corrected chi connectivity index (χ1v) is 7.08. The summed E-state index contributed by atoms with van der Waals surface area (Å²) in [6.07, 6.45) is 0. The van der Waals surface area contributed by atoms with Gasteiger partial charge in [0.25, 0.3) is 0 Å². The molecule has 0 saturated carbocycles. The van der Waals surface area contributed by atoms with Crippen molar-refractivity contribution in [2.75, 3.05) is 30.7 Å². The lowest BCUT2D eigenvalue weighted by Crippen LogP contribution is -2.40. The van der Waals surface area contributed by atoms with Gasteiger partial charge in [0.1, 0.15) is 0 Å². The molecule has 0 unspecified atom stereocenters. The first kappa shape index (κ1) is 16.4. The van der Waals surface area contributed by atoms with E-state index in [4.69, 9.17) is 10.5 Å². The van der Waals surface area contributed by atoms with Gasteiger partial charge in [-0.3, -0.25) is 4.90 Å². The summed E-state index contributed by atoms with van der Waals surface area (Å²) in [5.41, 5.74) is 5.63. The van der Waals surface area contributed by atoms with Gasteiger partial charge in [0.2, 0.25) is 11.9 Å². The van der Waals surface area contributed by atoms with Crippen molar-refractivity contribution in [2.24, 2.45) is 0 Å². The van der Waals surface area contributed by atoms with Crippen molar-refractivity contribution in [1.82, 2.24) is 19.9 Å². The fourth-order valence-electron chi connectivity index (χ4n) is 2.05. The molecule has 0 aliphatic heterocycles. The van der Waals surface area contributed by atoms with Crippen LogP contribution in [0.3, 0.4) is 0 Å². The van der Waals surface area contributed by atoms with Crippen LogP contribution in [0.2, 0.25) is 0 Å². The van der Waals surface area contributed by atoms with E-state index in [1.165, 1.54) is 0 Å². The number of hydrogen-bond acceptors (Lipinski definition) is 7. The van der Waals surface area contributed by atoms with E-state index in [-0.39, 0.29) is 12.0 Å². The van der Waals surface area contributed by atoms with E-state index in [9.17, 15) is 0 Å². The molecule has 1 heterocycles. The molecule has 0 aliphatic carbocycles. The van der Waals surface area contributed by atoms with Crippen molar-refractivity contribution in [1.29, 1.82) is 0 Å². The number of ether oxygens (including phenoxy) is 1. The molecule has 0 aliphatic rings. The Morgan fingerprint density at radius 1 is 1.15 bits per heavy atom. The Morgan fingerprint density at radius 2 is 1.80 bits per heavy atom. The molecule has 1 aromatic rings. The number of hydrogen-bond donors (Lipinski definition) is 2. The lowest BCUT2D eigenvalue weighted by atomic mass is 10.2. The van der Waals surface area contributed by atoms with Gasteiger partial charge in [0, 0.05) is 25.2 Å². The quantitative estimate of drug-likeness (QED) is 0.744. The predicted molar refractivity (Wildman–Crippen MR) is 80.9 cm³/mol. The monoisotopic (exact) mass is 282 g/mol. The van der Waals surface area contributed by atoms with Crippen molar-refractivity contribution >= 4 is 11.9 Å². The molecule has 0 atom stereocenters. The Labute approximate surface area is 121 Å². The summed E-state index contributed by atoms with van der Waals surface area (Å²) < 4.78 is 5.24. The smallest absolute Gasteiger partial charge is 0.323 e. The number of aromatic nitrogens is 3. The van der Waals surface area contributed by atoms with E-state index in [0.717, 1.165) is 13.1 Å². The lowest BCUT2D eigenvalue weighted by molar-refractivity contribution is 0.182. The van der Waals surface area contributed by atoms with Gasteiger partial charge < -0.3 is 15.8 Å². The third kappa shape index (κ3) is 5.16. The molecule has 0 radical (unpaired) electrons. The maximum absolute atomic E-state index is 5.63. The summed E-state index contributed by atoms with van der Waals surface area (Å²) in [7, 11) is 0. The van der Waals surface area contributed by atoms with E-state index >= 15 is 0 Å². The van der Waals surface area contributed by atoms with Crippen molar-refractivity contribution in [2.45, 2.75) is 46.7 Å². The van der Waals surface area contributed by atoms with E-state index in [1.807, 2.05) is 6.92 Å². The molecular weight excluding hydrogens is 256 g/mol. The fraction of sp³-hybridized carbons (Fsp3) is 0.769. The number of nitrogen functional groups attached to an aromatic ring is 1. The SMILES string of the molecule is CCOc1nc(N)nc(NCCN(C(C)C)C(C)C)n1. The van der Waals surface area contributed by atoms with Gasteiger partial charge >= 0.3 is 6.01 Å². The maximum atomic E-state index is 5.63. The second-order valence-electron chi connectivity index (χ2n) is 5.08. The second-order valence-corrected chi connectivity index (χ2v) is 5.08. The molecule has 0 amide bonds. The van der Waals surface area contributed by atoms with E-state index in [2.05, 4.69) is 52.9 Å². The lowest BCUT2D eigenvalue weighted by Gasteiger charge is -2.30. The normalized spacial score (nSPS) is 11.4. The molecule has 0 aromatic carbocycles. The topological polar surface area (TPSA) is 89.2 Å². The standard InChI is InChI=1S/C13H26N6O/c1-6-20-13-17-11(14)16-12(18-13)15-7-8-19(9(2)3)10(4)5/h9-10H,6-8H2,1-5H3,(H3,14,15,16,17,18). The van der Waals surface area contributed by atoms with E-state index in [1.54, 1.807) is 0 Å². The molecule has 0 saturated heterocycles. The summed E-state index contributed by atoms with van der Waals surface area (Å²) in [5, 5.41) is 3.16. The van der Waals surface area contributed by atoms with Crippen LogP contribution in [0.1, 0.15) is 34.6 Å². The van der Waals surface area contributed by atoms with Crippen molar-refractivity contribution in [3.63, 3.8) is 0 Å². The molecular formula is C13H26N6O. The predicted octanol–water partition coefficient (Wildman–Crippen LogP) is 1.38. The molecule has 1 rings (SSSR count). The van der Waals surface area contributed by atoms with Crippen LogP contribution in [-0.4, -0.2) is 51.6 Å². The Kier molecular flexibility index (Phi) is 6.44. The maximum Gasteiger partial charge on any atom is 0.323 e. The molecule has 7 heteroatoms. The summed E-state index contributed by atoms with van der Waals surface area (Å²) >= 11 is 0. The molecule has 20 heavy (non-hydrogen) atoms. The van der Waals surface area contributed by atoms with Gasteiger partial charge in [-0.05, 0) is 34.6 Å². The number of nitrogens with two attached hydrogens (primary N) is 1. The van der Waals surface area contributed by atoms with Crippen molar-refractivity contribution in [3.8, 4) is 6.01 Å². The third-order valence-corrected chi connectivity index (χ3v) is 2.89. The van der Waals surface area contributed by atoms with Crippen LogP contribution in [0.5, 0.6) is 6.01 Å². The van der Waals surface area contributed by atoms with Crippen LogP contribution in [-0.2, 0) is 0 Å². The highest BCUT2D eigenvalue weighted by Crippen LogP contribution is 2.09. The fourth-order valence-corrected chi connectivity index (χ4v) is 2.05. The first-order valence-electron chi connectivity index (χ1n) is 7.08. The molecule has 3 N–H and O–H groups in total. The van der Waals surface area contributed by atoms with Crippen LogP contribution in [0.4, 0.5) is 11.9 Å². The van der Waals surface area contributed by atoms with Gasteiger partial charge in [0.05, 0.1) is 6.61 Å². The Hall–Kier alpha value is -1.63. The molecule has 0 bridgehead atoms. The van der Waals surface area contributed by atoms with Crippen molar-refractivity contribution in [3.05, 3.63) is 0 Å². The average Bonchev–Trinajstić information content (AvgIpc) is 2.33. The molecule has 0 spiro atoms. The van der Waals surface area contributed by atoms with Gasteiger partial charge in [-0.2, -0.15) is 15.0 Å². The highest BCUT2D eigenvalue weighted by Gasteiger charge is 2.13. The van der Waals surface area contributed by atoms with Crippen LogP contribution >= 0.6 is 0 Å². The minimum absolute atomic E-state index is 0.163. The highest BCUT2D eigenvalue weighted by atomic mass is 16.5. The Bertz CT molecular complexity index is 402. The molecule has 1 aromatic heterocycles. The Balaban J connectivity index is 2.56. The minimum Gasteiger partial charge on any atom is -0.464 e. The Morgan fingerprint density at radius 3 is 2.35 bits per heavy atom. The van der Waals surface area contributed by atoms with Gasteiger partial charge in [-0.15, -0.1) is 0 Å². The average molecular weight is 282 g/mol. The summed E-state index contributed by atoms with van der Waals surface area (Å²) in [6, 6.07) is 1.26. The van der Waals surface area contributed by atoms with Gasteiger partial charge in [0.15, 0.2) is 0 Å². The zero-order valence-corrected chi connectivity index (χ0v) is 13.1. The van der Waals surface area contributed by atoms with Gasteiger partial charge in [-0.25, -0.2) is 0 Å². The van der Waals surface area contributed by atoms with E-state index in [0.29, 0.717) is 24.6 Å². The molecule has 7 nitrogen and oxygen atoms in total. The van der Waals surface area contributed by atoms with Crippen LogP contribution < -0.4 is 15.8 Å². The van der Waals surface area contributed by atoms with Gasteiger partial charge in [-0.1, -0.05) is 0 Å². The van der Waals surface area contributed by atoms with Crippen LogP contribution in [0.15, 0.2) is 0 Å². The third-order valence-electron chi connectivity index (χ3n) is 2.89. The molecule has 0 fully saturated rings. The zero-order chi connectivity index (χ0) is 15.1. The zero-order valence-electron chi connectivity index (χ0n) is 13.1. The van der Waals surface area contributed by atoms with Crippen molar-refractivity contribution < 1.29 is 4.74 Å². The minimum atomic E-state index is 0.163.